The highest BCUT2D eigenvalue weighted by molar-refractivity contribution is 7.91. The third kappa shape index (κ3) is 4.74. The lowest BCUT2D eigenvalue weighted by Gasteiger charge is -2.32. The van der Waals surface area contributed by atoms with Gasteiger partial charge in [0.1, 0.15) is 11.6 Å². The van der Waals surface area contributed by atoms with Crippen LogP contribution in [0.15, 0.2) is 47.4 Å². The summed E-state index contributed by atoms with van der Waals surface area (Å²) in [4.78, 5) is 2.46. The van der Waals surface area contributed by atoms with Crippen LogP contribution in [0.2, 0.25) is 0 Å². The van der Waals surface area contributed by atoms with Gasteiger partial charge in [0.2, 0.25) is 0 Å². The molecule has 1 aliphatic rings. The number of sulfone groups is 1. The van der Waals surface area contributed by atoms with Crippen LogP contribution < -0.4 is 0 Å². The lowest BCUT2D eigenvalue weighted by Crippen LogP contribution is -2.33. The van der Waals surface area contributed by atoms with E-state index in [0.717, 1.165) is 31.7 Å². The number of benzene rings is 2. The first kappa shape index (κ1) is 20.0. The smallest absolute Gasteiger partial charge is 0.178 e. The van der Waals surface area contributed by atoms with Crippen molar-refractivity contribution < 1.29 is 17.2 Å². The van der Waals surface area contributed by atoms with Crippen molar-refractivity contribution in [2.24, 2.45) is 5.92 Å². The number of halogens is 2. The van der Waals surface area contributed by atoms with Gasteiger partial charge in [0, 0.05) is 17.7 Å². The summed E-state index contributed by atoms with van der Waals surface area (Å²) in [6.07, 6.45) is 3.88. The Kier molecular flexibility index (Phi) is 5.96. The molecule has 1 saturated carbocycles. The zero-order valence-corrected chi connectivity index (χ0v) is 16.5. The summed E-state index contributed by atoms with van der Waals surface area (Å²) in [6, 6.07) is 10.1. The summed E-state index contributed by atoms with van der Waals surface area (Å²) in [7, 11) is 0.745. The van der Waals surface area contributed by atoms with Gasteiger partial charge in [-0.25, -0.2) is 17.2 Å². The summed E-state index contributed by atoms with van der Waals surface area (Å²) in [5.74, 6) is -0.972. The van der Waals surface area contributed by atoms with Crippen molar-refractivity contribution in [2.75, 3.05) is 19.8 Å². The van der Waals surface area contributed by atoms with E-state index in [9.17, 15) is 17.2 Å². The van der Waals surface area contributed by atoms with Crippen LogP contribution in [0.3, 0.4) is 0 Å². The van der Waals surface area contributed by atoms with Crippen molar-refractivity contribution in [2.45, 2.75) is 36.6 Å². The second-order valence-electron chi connectivity index (χ2n) is 7.57. The Morgan fingerprint density at radius 1 is 0.963 bits per heavy atom. The Balaban J connectivity index is 1.70. The van der Waals surface area contributed by atoms with Gasteiger partial charge in [-0.3, -0.25) is 0 Å². The molecule has 1 fully saturated rings. The standard InChI is InChI=1S/C21H25F2NO2S/c1-24(2)18-8-3-15(4-9-18)14-27(25,26)19-10-5-16(6-11-19)20-12-7-17(22)13-21(20)23/h5-7,10-13,15,18H,3-4,8-9,14H2,1-2H3. The number of nitrogens with zero attached hydrogens (tertiary/aromatic N) is 1. The second kappa shape index (κ2) is 8.07. The van der Waals surface area contributed by atoms with Gasteiger partial charge in [-0.1, -0.05) is 12.1 Å². The average molecular weight is 393 g/mol. The fraction of sp³-hybridized carbons (Fsp3) is 0.429. The van der Waals surface area contributed by atoms with Crippen LogP contribution in [-0.2, 0) is 9.84 Å². The molecule has 0 aliphatic heterocycles. The predicted molar refractivity (Wildman–Crippen MR) is 103 cm³/mol. The molecular weight excluding hydrogens is 368 g/mol. The molecule has 0 bridgehead atoms. The van der Waals surface area contributed by atoms with E-state index in [-0.39, 0.29) is 22.1 Å². The molecule has 0 atom stereocenters. The summed E-state index contributed by atoms with van der Waals surface area (Å²) >= 11 is 0. The van der Waals surface area contributed by atoms with Crippen LogP contribution in [0.25, 0.3) is 11.1 Å². The molecule has 0 aromatic heterocycles. The van der Waals surface area contributed by atoms with Crippen molar-refractivity contribution in [1.82, 2.24) is 4.90 Å². The van der Waals surface area contributed by atoms with Gasteiger partial charge in [-0.15, -0.1) is 0 Å². The molecule has 146 valence electrons. The summed E-state index contributed by atoms with van der Waals surface area (Å²) in [5, 5.41) is 0. The first-order chi connectivity index (χ1) is 12.8. The van der Waals surface area contributed by atoms with Gasteiger partial charge in [0.05, 0.1) is 10.6 Å². The van der Waals surface area contributed by atoms with E-state index in [1.165, 1.54) is 24.3 Å². The molecule has 0 saturated heterocycles. The summed E-state index contributed by atoms with van der Waals surface area (Å²) in [5.41, 5.74) is 0.778. The zero-order chi connectivity index (χ0) is 19.6. The van der Waals surface area contributed by atoms with Gasteiger partial charge < -0.3 is 4.90 Å². The van der Waals surface area contributed by atoms with Crippen LogP contribution in [0.1, 0.15) is 25.7 Å². The third-order valence-electron chi connectivity index (χ3n) is 5.46. The Morgan fingerprint density at radius 2 is 1.59 bits per heavy atom. The minimum atomic E-state index is -3.38. The molecule has 2 aromatic carbocycles. The first-order valence-electron chi connectivity index (χ1n) is 9.21. The highest BCUT2D eigenvalue weighted by Crippen LogP contribution is 2.30. The fourth-order valence-electron chi connectivity index (χ4n) is 3.80. The average Bonchev–Trinajstić information content (AvgIpc) is 2.62. The molecule has 0 heterocycles. The number of rotatable bonds is 5. The minimum absolute atomic E-state index is 0.150. The third-order valence-corrected chi connectivity index (χ3v) is 7.36. The van der Waals surface area contributed by atoms with E-state index in [1.54, 1.807) is 12.1 Å². The minimum Gasteiger partial charge on any atom is -0.306 e. The van der Waals surface area contributed by atoms with Crippen LogP contribution in [0.4, 0.5) is 8.78 Å². The van der Waals surface area contributed by atoms with Crippen LogP contribution >= 0.6 is 0 Å². The van der Waals surface area contributed by atoms with E-state index in [0.29, 0.717) is 11.6 Å². The molecule has 3 nitrogen and oxygen atoms in total. The Morgan fingerprint density at radius 3 is 2.15 bits per heavy atom. The lowest BCUT2D eigenvalue weighted by atomic mass is 9.87. The molecule has 2 aromatic rings. The highest BCUT2D eigenvalue weighted by Gasteiger charge is 2.27. The van der Waals surface area contributed by atoms with E-state index < -0.39 is 21.5 Å². The normalized spacial score (nSPS) is 20.8. The van der Waals surface area contributed by atoms with Crippen molar-refractivity contribution in [3.8, 4) is 11.1 Å². The maximum atomic E-state index is 13.9. The van der Waals surface area contributed by atoms with Gasteiger partial charge in [-0.05, 0) is 75.5 Å². The van der Waals surface area contributed by atoms with Crippen molar-refractivity contribution >= 4 is 9.84 Å². The first-order valence-corrected chi connectivity index (χ1v) is 10.9. The van der Waals surface area contributed by atoms with Crippen molar-refractivity contribution in [1.29, 1.82) is 0 Å². The van der Waals surface area contributed by atoms with E-state index in [4.69, 9.17) is 0 Å². The lowest BCUT2D eigenvalue weighted by molar-refractivity contribution is 0.201. The van der Waals surface area contributed by atoms with E-state index in [1.807, 2.05) is 0 Å². The van der Waals surface area contributed by atoms with Gasteiger partial charge in [0.25, 0.3) is 0 Å². The van der Waals surface area contributed by atoms with Gasteiger partial charge >= 0.3 is 0 Å². The van der Waals surface area contributed by atoms with E-state index >= 15 is 0 Å². The SMILES string of the molecule is CN(C)C1CCC(CS(=O)(=O)c2ccc(-c3ccc(F)cc3F)cc2)CC1. The molecule has 0 amide bonds. The number of hydrogen-bond donors (Lipinski definition) is 0. The molecule has 0 unspecified atom stereocenters. The Labute approximate surface area is 159 Å². The predicted octanol–water partition coefficient (Wildman–Crippen LogP) is 4.53. The molecule has 27 heavy (non-hydrogen) atoms. The molecule has 0 N–H and O–H groups in total. The topological polar surface area (TPSA) is 37.4 Å². The molecule has 3 rings (SSSR count). The molecule has 0 radical (unpaired) electrons. The zero-order valence-electron chi connectivity index (χ0n) is 15.7. The molecule has 1 aliphatic carbocycles. The Bertz CT molecular complexity index is 887. The van der Waals surface area contributed by atoms with Crippen LogP contribution in [0, 0.1) is 17.6 Å². The number of hydrogen-bond acceptors (Lipinski definition) is 3. The molecular formula is C21H25F2NO2S. The summed E-state index contributed by atoms with van der Waals surface area (Å²) < 4.78 is 52.4. The van der Waals surface area contributed by atoms with Crippen molar-refractivity contribution in [3.63, 3.8) is 0 Å². The maximum Gasteiger partial charge on any atom is 0.178 e. The molecule has 6 heteroatoms. The van der Waals surface area contributed by atoms with Crippen LogP contribution in [-0.4, -0.2) is 39.2 Å². The van der Waals surface area contributed by atoms with Gasteiger partial charge in [-0.2, -0.15) is 0 Å². The largest absolute Gasteiger partial charge is 0.306 e. The quantitative estimate of drug-likeness (QED) is 0.749. The van der Waals surface area contributed by atoms with Crippen molar-refractivity contribution in [3.05, 3.63) is 54.1 Å². The fourth-order valence-corrected chi connectivity index (χ4v) is 5.50. The highest BCUT2D eigenvalue weighted by atomic mass is 32.2. The second-order valence-corrected chi connectivity index (χ2v) is 9.60. The maximum absolute atomic E-state index is 13.9. The Hall–Kier alpha value is -1.79. The van der Waals surface area contributed by atoms with Gasteiger partial charge in [0.15, 0.2) is 9.84 Å². The summed E-state index contributed by atoms with van der Waals surface area (Å²) in [6.45, 7) is 0. The van der Waals surface area contributed by atoms with Crippen LogP contribution in [0.5, 0.6) is 0 Å². The van der Waals surface area contributed by atoms with E-state index in [2.05, 4.69) is 19.0 Å². The molecule has 0 spiro atoms. The monoisotopic (exact) mass is 393 g/mol.